The first-order chi connectivity index (χ1) is 11.1. The molecule has 0 heterocycles. The molecular formula is C15H28N2O6. The molecule has 0 bridgehead atoms. The molecule has 0 aromatic heterocycles. The molecule has 0 radical (unpaired) electrons. The van der Waals surface area contributed by atoms with Gasteiger partial charge in [0.25, 0.3) is 0 Å². The van der Waals surface area contributed by atoms with E-state index in [1.165, 1.54) is 0 Å². The van der Waals surface area contributed by atoms with Gasteiger partial charge in [-0.2, -0.15) is 0 Å². The van der Waals surface area contributed by atoms with Gasteiger partial charge in [-0.3, -0.25) is 14.4 Å². The van der Waals surface area contributed by atoms with Crippen molar-refractivity contribution < 1.29 is 28.6 Å². The molecule has 0 rings (SSSR count). The molecule has 2 N–H and O–H groups in total. The van der Waals surface area contributed by atoms with E-state index in [0.29, 0.717) is 52.4 Å². The van der Waals surface area contributed by atoms with E-state index in [2.05, 4.69) is 10.6 Å². The van der Waals surface area contributed by atoms with Crippen LogP contribution in [0.15, 0.2) is 0 Å². The Bertz CT molecular complexity index is 349. The number of rotatable bonds is 15. The number of hydrogen-bond donors (Lipinski definition) is 2. The fraction of sp³-hybridized carbons (Fsp3) is 0.800. The van der Waals surface area contributed by atoms with Crippen molar-refractivity contribution in [2.45, 2.75) is 26.7 Å². The number of carbonyl (C=O) groups excluding carboxylic acids is 3. The molecule has 8 heteroatoms. The Morgan fingerprint density at radius 1 is 0.696 bits per heavy atom. The highest BCUT2D eigenvalue weighted by Crippen LogP contribution is 1.84. The number of Topliss-reactive ketones (excluding diaryl/α,β-unsaturated/α-hetero) is 1. The first kappa shape index (κ1) is 21.5. The second-order valence-corrected chi connectivity index (χ2v) is 4.66. The number of ketones is 1. The Balaban J connectivity index is 3.27. The van der Waals surface area contributed by atoms with Gasteiger partial charge in [0.15, 0.2) is 5.78 Å². The zero-order chi connectivity index (χ0) is 17.3. The Morgan fingerprint density at radius 3 is 1.91 bits per heavy atom. The highest BCUT2D eigenvalue weighted by atomic mass is 16.5. The predicted molar refractivity (Wildman–Crippen MR) is 84.1 cm³/mol. The van der Waals surface area contributed by atoms with Crippen molar-refractivity contribution in [1.29, 1.82) is 0 Å². The predicted octanol–water partition coefficient (Wildman–Crippen LogP) is -0.342. The first-order valence-corrected chi connectivity index (χ1v) is 7.88. The molecule has 0 saturated carbocycles. The minimum Gasteiger partial charge on any atom is -0.377 e. The maximum atomic E-state index is 11.4. The molecule has 0 spiro atoms. The summed E-state index contributed by atoms with van der Waals surface area (Å²) in [5, 5.41) is 5.29. The molecule has 0 aliphatic rings. The summed E-state index contributed by atoms with van der Waals surface area (Å²) in [6.45, 7) is 5.78. The van der Waals surface area contributed by atoms with Crippen molar-refractivity contribution in [3.05, 3.63) is 0 Å². The van der Waals surface area contributed by atoms with Crippen LogP contribution in [0.25, 0.3) is 0 Å². The Hall–Kier alpha value is -1.51. The van der Waals surface area contributed by atoms with Gasteiger partial charge < -0.3 is 24.8 Å². The fourth-order valence-electron chi connectivity index (χ4n) is 1.37. The van der Waals surface area contributed by atoms with Gasteiger partial charge in [0, 0.05) is 25.9 Å². The molecule has 8 nitrogen and oxygen atoms in total. The van der Waals surface area contributed by atoms with E-state index >= 15 is 0 Å². The van der Waals surface area contributed by atoms with Crippen LogP contribution in [-0.2, 0) is 28.6 Å². The van der Waals surface area contributed by atoms with Crippen LogP contribution >= 0.6 is 0 Å². The van der Waals surface area contributed by atoms with Gasteiger partial charge in [-0.15, -0.1) is 0 Å². The van der Waals surface area contributed by atoms with E-state index in [9.17, 15) is 14.4 Å². The molecule has 134 valence electrons. The van der Waals surface area contributed by atoms with Crippen LogP contribution in [0.5, 0.6) is 0 Å². The van der Waals surface area contributed by atoms with Crippen LogP contribution in [0, 0.1) is 0 Å². The molecule has 0 aromatic carbocycles. The minimum absolute atomic E-state index is 0.0433. The number of nitrogens with one attached hydrogen (secondary N) is 2. The molecular weight excluding hydrogens is 304 g/mol. The van der Waals surface area contributed by atoms with Crippen molar-refractivity contribution in [2.75, 3.05) is 52.7 Å². The third-order valence-electron chi connectivity index (χ3n) is 2.72. The summed E-state index contributed by atoms with van der Waals surface area (Å²) in [6.07, 6.45) is 0.903. The smallest absolute Gasteiger partial charge is 0.246 e. The van der Waals surface area contributed by atoms with Gasteiger partial charge >= 0.3 is 0 Å². The minimum atomic E-state index is -0.236. The third-order valence-corrected chi connectivity index (χ3v) is 2.72. The fourth-order valence-corrected chi connectivity index (χ4v) is 1.37. The van der Waals surface area contributed by atoms with Crippen LogP contribution in [0.2, 0.25) is 0 Å². The van der Waals surface area contributed by atoms with Gasteiger partial charge in [0.1, 0.15) is 13.2 Å². The van der Waals surface area contributed by atoms with Crippen LogP contribution in [0.3, 0.4) is 0 Å². The number of hydrogen-bond acceptors (Lipinski definition) is 6. The molecule has 0 unspecified atom stereocenters. The van der Waals surface area contributed by atoms with Gasteiger partial charge in [-0.1, -0.05) is 13.8 Å². The number of carbonyl (C=O) groups is 3. The summed E-state index contributed by atoms with van der Waals surface area (Å²) in [5.74, 6) is -0.218. The van der Waals surface area contributed by atoms with Crippen LogP contribution in [-0.4, -0.2) is 70.3 Å². The maximum Gasteiger partial charge on any atom is 0.246 e. The second-order valence-electron chi connectivity index (χ2n) is 4.66. The van der Waals surface area contributed by atoms with Crippen molar-refractivity contribution in [3.8, 4) is 0 Å². The lowest BCUT2D eigenvalue weighted by Crippen LogP contribution is -2.32. The molecule has 0 fully saturated rings. The SMILES string of the molecule is CCC(=O)COCCOCCNC(=O)COCCNC(=O)CC. The lowest BCUT2D eigenvalue weighted by molar-refractivity contribution is -0.126. The zero-order valence-corrected chi connectivity index (χ0v) is 14.0. The first-order valence-electron chi connectivity index (χ1n) is 7.88. The molecule has 23 heavy (non-hydrogen) atoms. The van der Waals surface area contributed by atoms with Crippen molar-refractivity contribution in [1.82, 2.24) is 10.6 Å². The van der Waals surface area contributed by atoms with Crippen molar-refractivity contribution in [3.63, 3.8) is 0 Å². The van der Waals surface area contributed by atoms with E-state index in [0.717, 1.165) is 0 Å². The summed E-state index contributed by atoms with van der Waals surface area (Å²) in [5.41, 5.74) is 0. The Morgan fingerprint density at radius 2 is 1.26 bits per heavy atom. The monoisotopic (exact) mass is 332 g/mol. The average Bonchev–Trinajstić information content (AvgIpc) is 2.56. The normalized spacial score (nSPS) is 10.3. The molecule has 0 atom stereocenters. The summed E-state index contributed by atoms with van der Waals surface area (Å²) in [4.78, 5) is 33.3. The van der Waals surface area contributed by atoms with Gasteiger partial charge in [0.05, 0.1) is 26.4 Å². The maximum absolute atomic E-state index is 11.4. The topological polar surface area (TPSA) is 103 Å². The molecule has 2 amide bonds. The quantitative estimate of drug-likeness (QED) is 0.398. The average molecular weight is 332 g/mol. The summed E-state index contributed by atoms with van der Waals surface area (Å²) in [6, 6.07) is 0. The second kappa shape index (κ2) is 15.4. The lowest BCUT2D eigenvalue weighted by atomic mass is 10.3. The van der Waals surface area contributed by atoms with Gasteiger partial charge in [-0.25, -0.2) is 0 Å². The summed E-state index contributed by atoms with van der Waals surface area (Å²) >= 11 is 0. The lowest BCUT2D eigenvalue weighted by Gasteiger charge is -2.08. The van der Waals surface area contributed by atoms with Crippen LogP contribution in [0.1, 0.15) is 26.7 Å². The van der Waals surface area contributed by atoms with Gasteiger partial charge in [0.2, 0.25) is 11.8 Å². The van der Waals surface area contributed by atoms with E-state index in [1.807, 2.05) is 0 Å². The van der Waals surface area contributed by atoms with E-state index in [4.69, 9.17) is 14.2 Å². The van der Waals surface area contributed by atoms with Crippen LogP contribution in [0.4, 0.5) is 0 Å². The standard InChI is InChI=1S/C15H28N2O6/c1-3-13(18)11-23-10-9-21-7-5-17-15(20)12-22-8-6-16-14(19)4-2/h3-12H2,1-2H3,(H,16,19)(H,17,20). The van der Waals surface area contributed by atoms with Crippen molar-refractivity contribution >= 4 is 17.6 Å². The molecule has 0 saturated heterocycles. The Labute approximate surface area is 137 Å². The summed E-state index contributed by atoms with van der Waals surface area (Å²) < 4.78 is 15.5. The largest absolute Gasteiger partial charge is 0.377 e. The molecule has 0 aromatic rings. The van der Waals surface area contributed by atoms with Crippen LogP contribution < -0.4 is 10.6 Å². The van der Waals surface area contributed by atoms with E-state index in [1.54, 1.807) is 13.8 Å². The Kier molecular flexibility index (Phi) is 14.4. The van der Waals surface area contributed by atoms with Crippen molar-refractivity contribution in [2.24, 2.45) is 0 Å². The zero-order valence-electron chi connectivity index (χ0n) is 14.0. The highest BCUT2D eigenvalue weighted by Gasteiger charge is 2.01. The number of amides is 2. The third kappa shape index (κ3) is 15.2. The highest BCUT2D eigenvalue weighted by molar-refractivity contribution is 5.79. The van der Waals surface area contributed by atoms with E-state index in [-0.39, 0.29) is 30.8 Å². The summed E-state index contributed by atoms with van der Waals surface area (Å²) in [7, 11) is 0. The molecule has 0 aliphatic carbocycles. The van der Waals surface area contributed by atoms with Gasteiger partial charge in [-0.05, 0) is 0 Å². The molecule has 0 aliphatic heterocycles. The van der Waals surface area contributed by atoms with E-state index < -0.39 is 0 Å². The number of ether oxygens (including phenoxy) is 3.